The number of benzene rings is 1. The number of likely N-dealkylation sites (tertiary alicyclic amines) is 1. The van der Waals surface area contributed by atoms with Crippen molar-refractivity contribution in [2.24, 2.45) is 0 Å². The highest BCUT2D eigenvalue weighted by atomic mass is 19.1. The molecule has 1 aliphatic rings. The summed E-state index contributed by atoms with van der Waals surface area (Å²) < 4.78 is 14.9. The molecule has 6 heteroatoms. The number of halogens is 1. The largest absolute Gasteiger partial charge is 0.349 e. The predicted molar refractivity (Wildman–Crippen MR) is 91.3 cm³/mol. The first kappa shape index (κ1) is 18.2. The van der Waals surface area contributed by atoms with Crippen LogP contribution in [-0.2, 0) is 11.3 Å². The van der Waals surface area contributed by atoms with Crippen molar-refractivity contribution in [3.63, 3.8) is 0 Å². The molecule has 1 heterocycles. The molecular formula is C18H26FN3O2. The summed E-state index contributed by atoms with van der Waals surface area (Å²) in [6.45, 7) is 5.95. The van der Waals surface area contributed by atoms with Gasteiger partial charge in [-0.15, -0.1) is 0 Å². The Labute approximate surface area is 142 Å². The molecule has 0 radical (unpaired) electrons. The fraction of sp³-hybridized carbons (Fsp3) is 0.556. The van der Waals surface area contributed by atoms with E-state index in [0.29, 0.717) is 19.6 Å². The van der Waals surface area contributed by atoms with Gasteiger partial charge in [-0.25, -0.2) is 9.18 Å². The average molecular weight is 335 g/mol. The van der Waals surface area contributed by atoms with Gasteiger partial charge in [-0.1, -0.05) is 30.3 Å². The summed E-state index contributed by atoms with van der Waals surface area (Å²) in [6, 6.07) is 9.35. The SMILES string of the molecule is CCN(CC)C(=O)N1CCC(F)(C(=O)NCc2ccccc2)CC1. The summed E-state index contributed by atoms with van der Waals surface area (Å²) in [7, 11) is 0. The second-order valence-corrected chi connectivity index (χ2v) is 6.08. The molecule has 0 atom stereocenters. The van der Waals surface area contributed by atoms with Crippen LogP contribution in [0.25, 0.3) is 0 Å². The third-order valence-corrected chi connectivity index (χ3v) is 4.56. The van der Waals surface area contributed by atoms with E-state index >= 15 is 0 Å². The molecule has 0 bridgehead atoms. The van der Waals surface area contributed by atoms with Gasteiger partial charge in [0.15, 0.2) is 5.67 Å². The van der Waals surface area contributed by atoms with Crippen LogP contribution < -0.4 is 5.32 Å². The summed E-state index contributed by atoms with van der Waals surface area (Å²) in [4.78, 5) is 27.8. The highest BCUT2D eigenvalue weighted by Crippen LogP contribution is 2.27. The van der Waals surface area contributed by atoms with Gasteiger partial charge in [0.2, 0.25) is 0 Å². The van der Waals surface area contributed by atoms with Crippen molar-refractivity contribution in [2.75, 3.05) is 26.2 Å². The molecule has 1 aromatic rings. The van der Waals surface area contributed by atoms with Gasteiger partial charge in [-0.2, -0.15) is 0 Å². The molecule has 5 nitrogen and oxygen atoms in total. The lowest BCUT2D eigenvalue weighted by molar-refractivity contribution is -0.135. The van der Waals surface area contributed by atoms with Crippen LogP contribution in [0.1, 0.15) is 32.3 Å². The van der Waals surface area contributed by atoms with Crippen LogP contribution in [0, 0.1) is 0 Å². The Morgan fingerprint density at radius 2 is 1.75 bits per heavy atom. The number of amides is 3. The third kappa shape index (κ3) is 4.24. The summed E-state index contributed by atoms with van der Waals surface area (Å²) in [5.41, 5.74) is -0.960. The molecule has 2 rings (SSSR count). The van der Waals surface area contributed by atoms with Gasteiger partial charge in [0.1, 0.15) is 0 Å². The number of alkyl halides is 1. The summed E-state index contributed by atoms with van der Waals surface area (Å²) in [5, 5.41) is 2.67. The van der Waals surface area contributed by atoms with E-state index in [4.69, 9.17) is 0 Å². The van der Waals surface area contributed by atoms with E-state index in [9.17, 15) is 14.0 Å². The number of hydrogen-bond donors (Lipinski definition) is 1. The number of urea groups is 1. The van der Waals surface area contributed by atoms with Crippen LogP contribution in [0.3, 0.4) is 0 Å². The van der Waals surface area contributed by atoms with Crippen LogP contribution in [0.5, 0.6) is 0 Å². The van der Waals surface area contributed by atoms with Crippen molar-refractivity contribution >= 4 is 11.9 Å². The number of nitrogens with zero attached hydrogens (tertiary/aromatic N) is 2. The second-order valence-electron chi connectivity index (χ2n) is 6.08. The zero-order valence-electron chi connectivity index (χ0n) is 14.4. The van der Waals surface area contributed by atoms with Crippen molar-refractivity contribution in [1.82, 2.24) is 15.1 Å². The Morgan fingerprint density at radius 1 is 1.17 bits per heavy atom. The highest BCUT2D eigenvalue weighted by Gasteiger charge is 2.42. The Kier molecular flexibility index (Phi) is 6.17. The van der Waals surface area contributed by atoms with Crippen molar-refractivity contribution in [1.29, 1.82) is 0 Å². The summed E-state index contributed by atoms with van der Waals surface area (Å²) in [5.74, 6) is -0.582. The number of carbonyl (C=O) groups excluding carboxylic acids is 2. The molecule has 0 aromatic heterocycles. The van der Waals surface area contributed by atoms with Gasteiger partial charge < -0.3 is 15.1 Å². The van der Waals surface area contributed by atoms with E-state index in [2.05, 4.69) is 5.32 Å². The Balaban J connectivity index is 1.87. The molecule has 0 spiro atoms. The molecule has 0 aliphatic carbocycles. The number of hydrogen-bond acceptors (Lipinski definition) is 2. The number of rotatable bonds is 5. The van der Waals surface area contributed by atoms with Gasteiger partial charge in [-0.05, 0) is 19.4 Å². The molecule has 1 saturated heterocycles. The molecule has 3 amide bonds. The second kappa shape index (κ2) is 8.13. The number of carbonyl (C=O) groups is 2. The molecule has 1 fully saturated rings. The third-order valence-electron chi connectivity index (χ3n) is 4.56. The molecule has 0 unspecified atom stereocenters. The van der Waals surface area contributed by atoms with Crippen LogP contribution in [0.2, 0.25) is 0 Å². The molecule has 1 aliphatic heterocycles. The number of piperidine rings is 1. The van der Waals surface area contributed by atoms with Gasteiger partial charge in [-0.3, -0.25) is 4.79 Å². The van der Waals surface area contributed by atoms with Gasteiger partial charge >= 0.3 is 6.03 Å². The zero-order valence-corrected chi connectivity index (χ0v) is 14.4. The van der Waals surface area contributed by atoms with E-state index < -0.39 is 11.6 Å². The molecule has 132 valence electrons. The molecule has 24 heavy (non-hydrogen) atoms. The van der Waals surface area contributed by atoms with Crippen LogP contribution in [0.4, 0.5) is 9.18 Å². The zero-order chi connectivity index (χ0) is 17.6. The Hall–Kier alpha value is -2.11. The maximum Gasteiger partial charge on any atom is 0.319 e. The van der Waals surface area contributed by atoms with E-state index in [1.54, 1.807) is 9.80 Å². The fourth-order valence-electron chi connectivity index (χ4n) is 2.91. The summed E-state index contributed by atoms with van der Waals surface area (Å²) >= 11 is 0. The van der Waals surface area contributed by atoms with E-state index in [1.807, 2.05) is 44.2 Å². The molecule has 0 saturated carbocycles. The van der Waals surface area contributed by atoms with Gasteiger partial charge in [0.25, 0.3) is 5.91 Å². The van der Waals surface area contributed by atoms with E-state index in [1.165, 1.54) is 0 Å². The highest BCUT2D eigenvalue weighted by molar-refractivity contribution is 5.85. The first-order valence-corrected chi connectivity index (χ1v) is 8.55. The predicted octanol–water partition coefficient (Wildman–Crippen LogP) is 2.57. The minimum absolute atomic E-state index is 0.0423. The standard InChI is InChI=1S/C18H26FN3O2/c1-3-21(4-2)17(24)22-12-10-18(19,11-13-22)16(23)20-14-15-8-6-5-7-9-15/h5-9H,3-4,10-14H2,1-2H3,(H,20,23). The van der Waals surface area contributed by atoms with Crippen LogP contribution >= 0.6 is 0 Å². The van der Waals surface area contributed by atoms with Crippen LogP contribution in [-0.4, -0.2) is 53.6 Å². The van der Waals surface area contributed by atoms with Crippen LogP contribution in [0.15, 0.2) is 30.3 Å². The first-order chi connectivity index (χ1) is 11.5. The van der Waals surface area contributed by atoms with E-state index in [0.717, 1.165) is 5.56 Å². The first-order valence-electron chi connectivity index (χ1n) is 8.55. The summed E-state index contributed by atoms with van der Waals surface area (Å²) in [6.07, 6.45) is 0.0846. The molecule has 1 aromatic carbocycles. The topological polar surface area (TPSA) is 52.7 Å². The van der Waals surface area contributed by atoms with Crippen molar-refractivity contribution in [2.45, 2.75) is 38.9 Å². The lowest BCUT2D eigenvalue weighted by Gasteiger charge is -2.37. The van der Waals surface area contributed by atoms with Crippen molar-refractivity contribution in [3.05, 3.63) is 35.9 Å². The van der Waals surface area contributed by atoms with Crippen molar-refractivity contribution in [3.8, 4) is 0 Å². The normalized spacial score (nSPS) is 16.5. The van der Waals surface area contributed by atoms with Gasteiger partial charge in [0, 0.05) is 45.6 Å². The minimum Gasteiger partial charge on any atom is -0.349 e. The minimum atomic E-state index is -1.89. The average Bonchev–Trinajstić information content (AvgIpc) is 2.62. The van der Waals surface area contributed by atoms with Gasteiger partial charge in [0.05, 0.1) is 0 Å². The maximum atomic E-state index is 14.9. The fourth-order valence-corrected chi connectivity index (χ4v) is 2.91. The number of nitrogens with one attached hydrogen (secondary N) is 1. The molecule has 1 N–H and O–H groups in total. The van der Waals surface area contributed by atoms with E-state index in [-0.39, 0.29) is 32.0 Å². The maximum absolute atomic E-state index is 14.9. The monoisotopic (exact) mass is 335 g/mol. The van der Waals surface area contributed by atoms with Crippen molar-refractivity contribution < 1.29 is 14.0 Å². The Bertz CT molecular complexity index is 553. The Morgan fingerprint density at radius 3 is 2.29 bits per heavy atom. The quantitative estimate of drug-likeness (QED) is 0.899. The molecular weight excluding hydrogens is 309 g/mol. The smallest absolute Gasteiger partial charge is 0.319 e. The lowest BCUT2D eigenvalue weighted by atomic mass is 9.92. The lowest BCUT2D eigenvalue weighted by Crippen LogP contribution is -2.54.